The highest BCUT2D eigenvalue weighted by molar-refractivity contribution is 9.10. The number of dihydropyridines is 1. The van der Waals surface area contributed by atoms with Crippen molar-refractivity contribution in [3.05, 3.63) is 56.6 Å². The molecule has 0 fully saturated rings. The lowest BCUT2D eigenvalue weighted by Crippen LogP contribution is -2.32. The minimum Gasteiger partial charge on any atom is -0.460 e. The molecule has 0 saturated heterocycles. The van der Waals surface area contributed by atoms with E-state index in [0.29, 0.717) is 15.9 Å². The molecule has 2 rings (SSSR count). The van der Waals surface area contributed by atoms with E-state index in [2.05, 4.69) is 27.3 Å². The highest BCUT2D eigenvalue weighted by atomic mass is 79.9. The number of hydrogen-bond acceptors (Lipinski definition) is 5. The molecule has 5 nitrogen and oxygen atoms in total. The number of methoxy groups -OCH3 is 1. The summed E-state index contributed by atoms with van der Waals surface area (Å²) in [5, 5.41) is 12.7. The van der Waals surface area contributed by atoms with Crippen molar-refractivity contribution in [2.75, 3.05) is 13.7 Å². The average Bonchev–Trinajstić information content (AvgIpc) is 2.54. The van der Waals surface area contributed by atoms with Crippen LogP contribution in [0.3, 0.4) is 0 Å². The van der Waals surface area contributed by atoms with Gasteiger partial charge in [0.2, 0.25) is 0 Å². The molecule has 1 aromatic carbocycles. The highest BCUT2D eigenvalue weighted by Crippen LogP contribution is 2.40. The predicted molar refractivity (Wildman–Crippen MR) is 98.4 cm³/mol. The van der Waals surface area contributed by atoms with Gasteiger partial charge in [-0.3, -0.25) is 0 Å². The molecule has 0 aromatic heterocycles. The number of hydrogen-bond donors (Lipinski definition) is 1. The molecule has 0 amide bonds. The first-order chi connectivity index (χ1) is 12.3. The van der Waals surface area contributed by atoms with Crippen LogP contribution in [0.1, 0.15) is 32.3 Å². The maximum atomic E-state index is 14.7. The number of ether oxygens (including phenoxy) is 2. The second-order valence-corrected chi connectivity index (χ2v) is 7.07. The van der Waals surface area contributed by atoms with Crippen LogP contribution >= 0.6 is 15.9 Å². The van der Waals surface area contributed by atoms with Crippen molar-refractivity contribution in [1.29, 1.82) is 5.26 Å². The number of allylic oxidation sites excluding steroid dienone is 2. The van der Waals surface area contributed by atoms with Crippen molar-refractivity contribution in [3.8, 4) is 6.07 Å². The van der Waals surface area contributed by atoms with Crippen LogP contribution < -0.4 is 5.32 Å². The predicted octanol–water partition coefficient (Wildman–Crippen LogP) is 3.92. The van der Waals surface area contributed by atoms with E-state index >= 15 is 0 Å². The third-order valence-electron chi connectivity index (χ3n) is 3.89. The van der Waals surface area contributed by atoms with Gasteiger partial charge in [-0.15, -0.1) is 0 Å². The number of rotatable bonds is 5. The van der Waals surface area contributed by atoms with Gasteiger partial charge in [0, 0.05) is 22.8 Å². The summed E-state index contributed by atoms with van der Waals surface area (Å²) in [5.74, 6) is -1.99. The van der Waals surface area contributed by atoms with Gasteiger partial charge in [-0.1, -0.05) is 22.0 Å². The third kappa shape index (κ3) is 4.14. The third-order valence-corrected chi connectivity index (χ3v) is 4.38. The fourth-order valence-electron chi connectivity index (χ4n) is 2.87. The van der Waals surface area contributed by atoms with Gasteiger partial charge in [0.25, 0.3) is 0 Å². The maximum Gasteiger partial charge on any atom is 0.337 e. The van der Waals surface area contributed by atoms with Crippen molar-refractivity contribution >= 4 is 21.9 Å². The lowest BCUT2D eigenvalue weighted by Gasteiger charge is -2.30. The van der Waals surface area contributed by atoms with Gasteiger partial charge in [0.05, 0.1) is 41.5 Å². The van der Waals surface area contributed by atoms with E-state index in [0.717, 1.165) is 0 Å². The Morgan fingerprint density at radius 2 is 2.15 bits per heavy atom. The Balaban J connectivity index is 2.70. The Morgan fingerprint density at radius 3 is 2.69 bits per heavy atom. The molecule has 138 valence electrons. The van der Waals surface area contributed by atoms with Crippen LogP contribution in [-0.2, 0) is 14.3 Å². The molecule has 0 spiro atoms. The number of nitriles is 1. The number of benzene rings is 1. The molecule has 0 radical (unpaired) electrons. The minimum absolute atomic E-state index is 0.104. The number of esters is 1. The maximum absolute atomic E-state index is 14.7. The summed E-state index contributed by atoms with van der Waals surface area (Å²) in [6.07, 6.45) is -0.355. The second-order valence-electron chi connectivity index (χ2n) is 6.15. The molecule has 7 heteroatoms. The van der Waals surface area contributed by atoms with Gasteiger partial charge in [-0.25, -0.2) is 9.18 Å². The average molecular weight is 423 g/mol. The quantitative estimate of drug-likeness (QED) is 0.727. The molecule has 1 heterocycles. The first kappa shape index (κ1) is 20.1. The monoisotopic (exact) mass is 422 g/mol. The lowest BCUT2D eigenvalue weighted by molar-refractivity contribution is -0.143. The number of halogens is 2. The Hall–Kier alpha value is -2.17. The Bertz CT molecular complexity index is 825. The zero-order valence-corrected chi connectivity index (χ0v) is 16.6. The van der Waals surface area contributed by atoms with Crippen molar-refractivity contribution in [2.24, 2.45) is 0 Å². The van der Waals surface area contributed by atoms with Crippen LogP contribution in [0.25, 0.3) is 0 Å². The van der Waals surface area contributed by atoms with E-state index in [-0.39, 0.29) is 29.4 Å². The van der Waals surface area contributed by atoms with Crippen molar-refractivity contribution in [2.45, 2.75) is 32.8 Å². The van der Waals surface area contributed by atoms with Crippen LogP contribution in [0.5, 0.6) is 0 Å². The summed E-state index contributed by atoms with van der Waals surface area (Å²) in [7, 11) is 1.49. The summed E-state index contributed by atoms with van der Waals surface area (Å²) in [4.78, 5) is 12.8. The fourth-order valence-corrected chi connectivity index (χ4v) is 3.20. The molecule has 0 saturated carbocycles. The molecular formula is C19H20BrFN2O3. The van der Waals surface area contributed by atoms with E-state index in [1.54, 1.807) is 32.9 Å². The van der Waals surface area contributed by atoms with Crippen LogP contribution in [0.2, 0.25) is 0 Å². The first-order valence-corrected chi connectivity index (χ1v) is 8.85. The van der Waals surface area contributed by atoms with Gasteiger partial charge >= 0.3 is 5.97 Å². The van der Waals surface area contributed by atoms with Gasteiger partial charge in [0.1, 0.15) is 5.82 Å². The largest absolute Gasteiger partial charge is 0.460 e. The van der Waals surface area contributed by atoms with Crippen LogP contribution in [0.4, 0.5) is 4.39 Å². The van der Waals surface area contributed by atoms with Gasteiger partial charge in [0.15, 0.2) is 0 Å². The van der Waals surface area contributed by atoms with Crippen molar-refractivity contribution in [3.63, 3.8) is 0 Å². The standard InChI is InChI=1S/C19H20BrFN2O3/c1-10(2)26-19(24)18-16(9-25-4)23-11(3)14(8-22)17(18)13-6-5-12(20)7-15(13)21/h5-7,10,17,23H,9H2,1-4H3. The normalized spacial score (nSPS) is 17.2. The molecule has 1 atom stereocenters. The lowest BCUT2D eigenvalue weighted by atomic mass is 9.80. The molecule has 1 aliphatic heterocycles. The second kappa shape index (κ2) is 8.47. The zero-order valence-electron chi connectivity index (χ0n) is 15.0. The summed E-state index contributed by atoms with van der Waals surface area (Å²) < 4.78 is 25.8. The Morgan fingerprint density at radius 1 is 1.46 bits per heavy atom. The topological polar surface area (TPSA) is 71.3 Å². The highest BCUT2D eigenvalue weighted by Gasteiger charge is 2.37. The van der Waals surface area contributed by atoms with Crippen LogP contribution in [0, 0.1) is 17.1 Å². The first-order valence-electron chi connectivity index (χ1n) is 8.05. The van der Waals surface area contributed by atoms with Gasteiger partial charge in [-0.2, -0.15) is 5.26 Å². The molecule has 1 N–H and O–H groups in total. The molecule has 0 aliphatic carbocycles. The Labute approximate surface area is 160 Å². The smallest absolute Gasteiger partial charge is 0.337 e. The minimum atomic E-state index is -0.870. The van der Waals surface area contributed by atoms with Crippen LogP contribution in [0.15, 0.2) is 45.2 Å². The summed E-state index contributed by atoms with van der Waals surface area (Å²) in [6, 6.07) is 6.64. The van der Waals surface area contributed by atoms with E-state index in [1.165, 1.54) is 13.2 Å². The van der Waals surface area contributed by atoms with Crippen molar-refractivity contribution < 1.29 is 18.7 Å². The number of carbonyl (C=O) groups is 1. The summed E-state index contributed by atoms with van der Waals surface area (Å²) >= 11 is 3.22. The fraction of sp³-hybridized carbons (Fsp3) is 0.368. The molecular weight excluding hydrogens is 403 g/mol. The Kier molecular flexibility index (Phi) is 6.57. The summed E-state index contributed by atoms with van der Waals surface area (Å²) in [6.45, 7) is 5.27. The molecule has 0 bridgehead atoms. The number of carbonyl (C=O) groups excluding carboxylic acids is 1. The molecule has 1 aromatic rings. The zero-order chi connectivity index (χ0) is 19.4. The van der Waals surface area contributed by atoms with Gasteiger partial charge < -0.3 is 14.8 Å². The van der Waals surface area contributed by atoms with E-state index in [1.807, 2.05) is 0 Å². The van der Waals surface area contributed by atoms with E-state index in [4.69, 9.17) is 9.47 Å². The molecule has 26 heavy (non-hydrogen) atoms. The van der Waals surface area contributed by atoms with Gasteiger partial charge in [-0.05, 0) is 32.9 Å². The van der Waals surface area contributed by atoms with E-state index in [9.17, 15) is 14.4 Å². The molecule has 1 aliphatic rings. The molecule has 1 unspecified atom stereocenters. The van der Waals surface area contributed by atoms with Crippen molar-refractivity contribution in [1.82, 2.24) is 5.32 Å². The summed E-state index contributed by atoms with van der Waals surface area (Å²) in [5.41, 5.74) is 1.69. The van der Waals surface area contributed by atoms with E-state index < -0.39 is 17.7 Å². The number of nitrogens with zero attached hydrogens (tertiary/aromatic N) is 1. The number of nitrogens with one attached hydrogen (secondary N) is 1. The van der Waals surface area contributed by atoms with Crippen LogP contribution in [-0.4, -0.2) is 25.8 Å². The SMILES string of the molecule is COCC1=C(C(=O)OC(C)C)C(c2ccc(Br)cc2F)C(C#N)=C(C)N1.